The molecule has 0 bridgehead atoms. The summed E-state index contributed by atoms with van der Waals surface area (Å²) in [5.74, 6) is -0.795. The number of amides is 2. The van der Waals surface area contributed by atoms with Gasteiger partial charge in [0.05, 0.1) is 29.6 Å². The smallest absolute Gasteiger partial charge is 0.243 e. The summed E-state index contributed by atoms with van der Waals surface area (Å²) >= 11 is 0. The van der Waals surface area contributed by atoms with Crippen molar-refractivity contribution in [2.24, 2.45) is 0 Å². The lowest BCUT2D eigenvalue weighted by Crippen LogP contribution is -2.43. The minimum atomic E-state index is -3.86. The molecule has 0 saturated carbocycles. The van der Waals surface area contributed by atoms with Gasteiger partial charge in [-0.2, -0.15) is 9.57 Å². The summed E-state index contributed by atoms with van der Waals surface area (Å²) in [4.78, 5) is 25.3. The molecule has 0 atom stereocenters. The predicted molar refractivity (Wildman–Crippen MR) is 91.9 cm³/mol. The number of rotatable bonds is 8. The van der Waals surface area contributed by atoms with Crippen LogP contribution in [0.25, 0.3) is 0 Å². The van der Waals surface area contributed by atoms with E-state index in [2.05, 4.69) is 5.32 Å². The maximum Gasteiger partial charge on any atom is 0.243 e. The van der Waals surface area contributed by atoms with Crippen LogP contribution in [-0.4, -0.2) is 62.7 Å². The van der Waals surface area contributed by atoms with E-state index in [4.69, 9.17) is 5.26 Å². The van der Waals surface area contributed by atoms with E-state index >= 15 is 0 Å². The molecule has 1 rings (SSSR count). The van der Waals surface area contributed by atoms with E-state index < -0.39 is 22.5 Å². The molecular weight excluding hydrogens is 344 g/mol. The van der Waals surface area contributed by atoms with E-state index in [1.54, 1.807) is 4.90 Å². The van der Waals surface area contributed by atoms with Gasteiger partial charge >= 0.3 is 0 Å². The monoisotopic (exact) mass is 366 g/mol. The first-order valence-corrected chi connectivity index (χ1v) is 9.21. The molecule has 9 heteroatoms. The highest BCUT2D eigenvalue weighted by molar-refractivity contribution is 7.89. The zero-order valence-electron chi connectivity index (χ0n) is 14.5. The van der Waals surface area contributed by atoms with Crippen molar-refractivity contribution in [3.05, 3.63) is 29.8 Å². The summed E-state index contributed by atoms with van der Waals surface area (Å²) in [5, 5.41) is 11.2. The number of nitrogens with one attached hydrogen (secondary N) is 1. The fraction of sp³-hybridized carbons (Fsp3) is 0.438. The van der Waals surface area contributed by atoms with E-state index in [0.29, 0.717) is 18.7 Å². The molecule has 0 unspecified atom stereocenters. The van der Waals surface area contributed by atoms with Gasteiger partial charge in [-0.1, -0.05) is 0 Å². The van der Waals surface area contributed by atoms with Gasteiger partial charge in [0, 0.05) is 20.1 Å². The van der Waals surface area contributed by atoms with Gasteiger partial charge in [-0.15, -0.1) is 0 Å². The lowest BCUT2D eigenvalue weighted by Gasteiger charge is -2.20. The van der Waals surface area contributed by atoms with Crippen LogP contribution in [0.5, 0.6) is 0 Å². The molecule has 1 N–H and O–H groups in total. The Morgan fingerprint density at radius 1 is 1.16 bits per heavy atom. The van der Waals surface area contributed by atoms with Crippen LogP contribution in [0.3, 0.4) is 0 Å². The third-order valence-electron chi connectivity index (χ3n) is 3.61. The number of likely N-dealkylation sites (N-methyl/N-ethyl adjacent to an activating group) is 2. The summed E-state index contributed by atoms with van der Waals surface area (Å²) in [6, 6.07) is 7.31. The van der Waals surface area contributed by atoms with E-state index in [9.17, 15) is 18.0 Å². The highest BCUT2D eigenvalue weighted by atomic mass is 32.2. The Balaban J connectivity index is 2.67. The molecule has 0 fully saturated rings. The van der Waals surface area contributed by atoms with Gasteiger partial charge in [-0.05, 0) is 38.1 Å². The predicted octanol–water partition coefficient (Wildman–Crippen LogP) is 0.163. The van der Waals surface area contributed by atoms with E-state index in [-0.39, 0.29) is 17.3 Å². The van der Waals surface area contributed by atoms with Gasteiger partial charge in [0.1, 0.15) is 0 Å². The lowest BCUT2D eigenvalue weighted by atomic mass is 10.2. The molecule has 1 aromatic rings. The fourth-order valence-electron chi connectivity index (χ4n) is 2.09. The maximum atomic E-state index is 12.4. The van der Waals surface area contributed by atoms with Crippen molar-refractivity contribution in [1.29, 1.82) is 5.26 Å². The quantitative estimate of drug-likeness (QED) is 0.705. The zero-order valence-corrected chi connectivity index (χ0v) is 15.3. The van der Waals surface area contributed by atoms with Crippen molar-refractivity contribution in [1.82, 2.24) is 14.5 Å². The largest absolute Gasteiger partial charge is 0.346 e. The number of carbonyl (C=O) groups is 2. The first kappa shape index (κ1) is 20.6. The Morgan fingerprint density at radius 3 is 2.20 bits per heavy atom. The van der Waals surface area contributed by atoms with Crippen LogP contribution in [0.15, 0.2) is 29.2 Å². The Labute approximate surface area is 148 Å². The van der Waals surface area contributed by atoms with E-state index in [0.717, 1.165) is 4.31 Å². The van der Waals surface area contributed by atoms with Crippen LogP contribution in [0.2, 0.25) is 0 Å². The first-order valence-electron chi connectivity index (χ1n) is 7.77. The molecule has 0 aromatic heterocycles. The van der Waals surface area contributed by atoms with Crippen LogP contribution in [0.4, 0.5) is 0 Å². The molecule has 0 spiro atoms. The molecule has 0 heterocycles. The second-order valence-corrected chi connectivity index (χ2v) is 7.28. The summed E-state index contributed by atoms with van der Waals surface area (Å²) in [6.07, 6.45) is 0. The molecule has 0 saturated heterocycles. The maximum absolute atomic E-state index is 12.4. The second kappa shape index (κ2) is 9.15. The fourth-order valence-corrected chi connectivity index (χ4v) is 3.21. The third-order valence-corrected chi connectivity index (χ3v) is 5.43. The topological polar surface area (TPSA) is 111 Å². The molecule has 1 aromatic carbocycles. The van der Waals surface area contributed by atoms with Crippen molar-refractivity contribution < 1.29 is 18.0 Å². The van der Waals surface area contributed by atoms with Gasteiger partial charge in [0.15, 0.2) is 0 Å². The normalized spacial score (nSPS) is 11.0. The van der Waals surface area contributed by atoms with Crippen molar-refractivity contribution in [3.8, 4) is 6.07 Å². The number of carbonyl (C=O) groups excluding carboxylic acids is 2. The summed E-state index contributed by atoms with van der Waals surface area (Å²) < 4.78 is 25.7. The van der Waals surface area contributed by atoms with Crippen LogP contribution in [0, 0.1) is 11.3 Å². The van der Waals surface area contributed by atoms with Crippen molar-refractivity contribution in [2.45, 2.75) is 18.7 Å². The Morgan fingerprint density at radius 2 is 1.72 bits per heavy atom. The van der Waals surface area contributed by atoms with Crippen molar-refractivity contribution in [3.63, 3.8) is 0 Å². The number of nitrogens with zero attached hydrogens (tertiary/aromatic N) is 3. The summed E-state index contributed by atoms with van der Waals surface area (Å²) in [6.45, 7) is 4.16. The standard InChI is InChI=1S/C16H22N4O4S/c1-4-20(5-2)16(22)11-18-15(21)12-19(3)25(23,24)14-8-6-13(10-17)7-9-14/h6-9H,4-5,11-12H2,1-3H3,(H,18,21). The zero-order chi connectivity index (χ0) is 19.0. The van der Waals surface area contributed by atoms with Crippen LogP contribution in [-0.2, 0) is 19.6 Å². The molecule has 0 radical (unpaired) electrons. The number of hydrogen-bond donors (Lipinski definition) is 1. The highest BCUT2D eigenvalue weighted by Gasteiger charge is 2.23. The summed E-state index contributed by atoms with van der Waals surface area (Å²) in [5.41, 5.74) is 0.342. The highest BCUT2D eigenvalue weighted by Crippen LogP contribution is 2.14. The first-order chi connectivity index (χ1) is 11.8. The van der Waals surface area contributed by atoms with Crippen molar-refractivity contribution >= 4 is 21.8 Å². The molecule has 136 valence electrons. The molecule has 0 aliphatic carbocycles. The molecule has 25 heavy (non-hydrogen) atoms. The Bertz CT molecular complexity index is 749. The molecule has 8 nitrogen and oxygen atoms in total. The number of hydrogen-bond acceptors (Lipinski definition) is 5. The SMILES string of the molecule is CCN(CC)C(=O)CNC(=O)CN(C)S(=O)(=O)c1ccc(C#N)cc1. The van der Waals surface area contributed by atoms with Gasteiger partial charge in [-0.3, -0.25) is 9.59 Å². The van der Waals surface area contributed by atoms with E-state index in [1.165, 1.54) is 31.3 Å². The molecular formula is C16H22N4O4S. The van der Waals surface area contributed by atoms with Gasteiger partial charge in [0.25, 0.3) is 0 Å². The lowest BCUT2D eigenvalue weighted by molar-refractivity contribution is -0.132. The average molecular weight is 366 g/mol. The van der Waals surface area contributed by atoms with E-state index in [1.807, 2.05) is 19.9 Å². The molecule has 2 amide bonds. The Kier molecular flexibility index (Phi) is 7.54. The second-order valence-electron chi connectivity index (χ2n) is 5.24. The average Bonchev–Trinajstić information content (AvgIpc) is 2.60. The molecule has 0 aliphatic heterocycles. The Hall–Kier alpha value is -2.44. The number of sulfonamides is 1. The van der Waals surface area contributed by atoms with Gasteiger partial charge in [-0.25, -0.2) is 8.42 Å². The minimum absolute atomic E-state index is 0.0129. The van der Waals surface area contributed by atoms with Gasteiger partial charge in [0.2, 0.25) is 21.8 Å². The number of benzene rings is 1. The van der Waals surface area contributed by atoms with Crippen LogP contribution < -0.4 is 5.32 Å². The minimum Gasteiger partial charge on any atom is -0.346 e. The van der Waals surface area contributed by atoms with Gasteiger partial charge < -0.3 is 10.2 Å². The van der Waals surface area contributed by atoms with Crippen LogP contribution >= 0.6 is 0 Å². The number of nitriles is 1. The van der Waals surface area contributed by atoms with Crippen molar-refractivity contribution in [2.75, 3.05) is 33.2 Å². The summed E-state index contributed by atoms with van der Waals surface area (Å²) in [7, 11) is -2.58. The van der Waals surface area contributed by atoms with Crippen LogP contribution in [0.1, 0.15) is 19.4 Å². The molecule has 0 aliphatic rings. The third kappa shape index (κ3) is 5.55.